The standard InChI is InChI=1S/C23H37N3O/c1-26(22(27)19-13-7-6-8-14-19)23(24-20-15-9-2-3-10-16-20)25-21-17-11-4-5-12-18-21/h6-8,13-14,20-21,23-25H,2-5,9-12,15-18H2,1H3. The predicted molar refractivity (Wildman–Crippen MR) is 112 cm³/mol. The third-order valence-corrected chi connectivity index (χ3v) is 6.23. The van der Waals surface area contributed by atoms with Gasteiger partial charge in [-0.2, -0.15) is 0 Å². The number of hydrogen-bond acceptors (Lipinski definition) is 3. The number of carbonyl (C=O) groups excluding carboxylic acids is 1. The maximum absolute atomic E-state index is 13.1. The molecule has 27 heavy (non-hydrogen) atoms. The molecule has 0 unspecified atom stereocenters. The van der Waals surface area contributed by atoms with Crippen LogP contribution >= 0.6 is 0 Å². The van der Waals surface area contributed by atoms with E-state index in [4.69, 9.17) is 0 Å². The van der Waals surface area contributed by atoms with Crippen molar-refractivity contribution in [2.75, 3.05) is 7.05 Å². The Balaban J connectivity index is 1.69. The molecular weight excluding hydrogens is 334 g/mol. The lowest BCUT2D eigenvalue weighted by Crippen LogP contribution is -2.60. The highest BCUT2D eigenvalue weighted by atomic mass is 16.2. The molecule has 0 saturated heterocycles. The second-order valence-corrected chi connectivity index (χ2v) is 8.39. The van der Waals surface area contributed by atoms with Crippen molar-refractivity contribution in [2.24, 2.45) is 0 Å². The van der Waals surface area contributed by atoms with Gasteiger partial charge in [-0.25, -0.2) is 0 Å². The molecule has 0 aliphatic heterocycles. The molecule has 2 fully saturated rings. The van der Waals surface area contributed by atoms with Gasteiger partial charge in [0.2, 0.25) is 0 Å². The van der Waals surface area contributed by atoms with E-state index in [1.807, 2.05) is 42.3 Å². The number of hydrogen-bond donors (Lipinski definition) is 2. The SMILES string of the molecule is CN(C(=O)c1ccccc1)C(NC1CCCCCC1)NC1CCCCCC1. The number of carbonyl (C=O) groups is 1. The Labute approximate surface area is 165 Å². The molecule has 1 aromatic carbocycles. The molecule has 150 valence electrons. The van der Waals surface area contributed by atoms with E-state index >= 15 is 0 Å². The summed E-state index contributed by atoms with van der Waals surface area (Å²) in [5, 5.41) is 7.62. The molecule has 1 amide bonds. The highest BCUT2D eigenvalue weighted by Gasteiger charge is 2.26. The van der Waals surface area contributed by atoms with E-state index in [2.05, 4.69) is 10.6 Å². The fourth-order valence-electron chi connectivity index (χ4n) is 4.51. The summed E-state index contributed by atoms with van der Waals surface area (Å²) in [7, 11) is 1.94. The molecule has 4 heteroatoms. The van der Waals surface area contributed by atoms with Gasteiger partial charge in [0.15, 0.2) is 0 Å². The first kappa shape index (κ1) is 20.3. The molecule has 0 radical (unpaired) electrons. The molecule has 0 heterocycles. The lowest BCUT2D eigenvalue weighted by atomic mass is 10.1. The Morgan fingerprint density at radius 2 is 1.26 bits per heavy atom. The second-order valence-electron chi connectivity index (χ2n) is 8.39. The minimum atomic E-state index is -0.0936. The first-order valence-corrected chi connectivity index (χ1v) is 11.1. The van der Waals surface area contributed by atoms with Crippen LogP contribution in [0.2, 0.25) is 0 Å². The maximum Gasteiger partial charge on any atom is 0.255 e. The number of benzene rings is 1. The van der Waals surface area contributed by atoms with Gasteiger partial charge < -0.3 is 4.90 Å². The summed E-state index contributed by atoms with van der Waals surface area (Å²) in [5.41, 5.74) is 0.760. The zero-order valence-corrected chi connectivity index (χ0v) is 17.0. The minimum Gasteiger partial charge on any atom is -0.313 e. The van der Waals surface area contributed by atoms with Crippen LogP contribution in [-0.2, 0) is 0 Å². The Hall–Kier alpha value is -1.39. The van der Waals surface area contributed by atoms with Crippen molar-refractivity contribution in [1.29, 1.82) is 0 Å². The van der Waals surface area contributed by atoms with Crippen LogP contribution < -0.4 is 10.6 Å². The van der Waals surface area contributed by atoms with Gasteiger partial charge in [0, 0.05) is 24.7 Å². The van der Waals surface area contributed by atoms with Crippen molar-refractivity contribution in [3.8, 4) is 0 Å². The molecule has 1 aromatic rings. The van der Waals surface area contributed by atoms with Crippen LogP contribution in [-0.4, -0.2) is 36.2 Å². The topological polar surface area (TPSA) is 44.4 Å². The number of rotatable bonds is 6. The van der Waals surface area contributed by atoms with Crippen LogP contribution in [0.5, 0.6) is 0 Å². The summed E-state index contributed by atoms with van der Waals surface area (Å²) >= 11 is 0. The summed E-state index contributed by atoms with van der Waals surface area (Å²) in [6.07, 6.45) is 15.3. The smallest absolute Gasteiger partial charge is 0.255 e. The monoisotopic (exact) mass is 371 g/mol. The van der Waals surface area contributed by atoms with E-state index in [1.54, 1.807) is 0 Å². The van der Waals surface area contributed by atoms with Gasteiger partial charge in [0.05, 0.1) is 0 Å². The first-order chi connectivity index (χ1) is 13.2. The molecule has 0 spiro atoms. The van der Waals surface area contributed by atoms with Crippen molar-refractivity contribution in [2.45, 2.75) is 95.4 Å². The molecule has 2 N–H and O–H groups in total. The maximum atomic E-state index is 13.1. The van der Waals surface area contributed by atoms with Crippen LogP contribution in [0.15, 0.2) is 30.3 Å². The third-order valence-electron chi connectivity index (χ3n) is 6.23. The fraction of sp³-hybridized carbons (Fsp3) is 0.696. The molecule has 2 aliphatic rings. The van der Waals surface area contributed by atoms with Crippen molar-refractivity contribution < 1.29 is 4.79 Å². The van der Waals surface area contributed by atoms with E-state index in [-0.39, 0.29) is 12.2 Å². The lowest BCUT2D eigenvalue weighted by Gasteiger charge is -2.36. The largest absolute Gasteiger partial charge is 0.313 e. The van der Waals surface area contributed by atoms with E-state index in [1.165, 1.54) is 77.0 Å². The summed E-state index contributed by atoms with van der Waals surface area (Å²) in [5.74, 6) is 0.0860. The first-order valence-electron chi connectivity index (χ1n) is 11.1. The third kappa shape index (κ3) is 6.32. The van der Waals surface area contributed by atoms with Crippen LogP contribution in [0, 0.1) is 0 Å². The zero-order valence-electron chi connectivity index (χ0n) is 17.0. The molecule has 3 rings (SSSR count). The van der Waals surface area contributed by atoms with Gasteiger partial charge in [-0.15, -0.1) is 0 Å². The zero-order chi connectivity index (χ0) is 18.9. The molecule has 0 atom stereocenters. The van der Waals surface area contributed by atoms with Gasteiger partial charge in [-0.3, -0.25) is 15.4 Å². The Kier molecular flexibility index (Phi) is 8.15. The van der Waals surface area contributed by atoms with Crippen molar-refractivity contribution >= 4 is 5.91 Å². The van der Waals surface area contributed by atoms with Crippen molar-refractivity contribution in [3.63, 3.8) is 0 Å². The van der Waals surface area contributed by atoms with Gasteiger partial charge in [-0.1, -0.05) is 69.6 Å². The van der Waals surface area contributed by atoms with Crippen molar-refractivity contribution in [1.82, 2.24) is 15.5 Å². The number of nitrogens with one attached hydrogen (secondary N) is 2. The number of nitrogens with zero attached hydrogens (tertiary/aromatic N) is 1. The molecular formula is C23H37N3O. The van der Waals surface area contributed by atoms with Crippen LogP contribution in [0.4, 0.5) is 0 Å². The molecule has 2 aliphatic carbocycles. The Morgan fingerprint density at radius 1 is 0.815 bits per heavy atom. The van der Waals surface area contributed by atoms with Gasteiger partial charge in [0.1, 0.15) is 6.29 Å². The van der Waals surface area contributed by atoms with Crippen LogP contribution in [0.1, 0.15) is 87.4 Å². The summed E-state index contributed by atoms with van der Waals surface area (Å²) in [4.78, 5) is 14.9. The van der Waals surface area contributed by atoms with Crippen LogP contribution in [0.3, 0.4) is 0 Å². The summed E-state index contributed by atoms with van der Waals surface area (Å²) in [6, 6.07) is 10.7. The van der Waals surface area contributed by atoms with Gasteiger partial charge in [0.25, 0.3) is 5.91 Å². The predicted octanol–water partition coefficient (Wildman–Crippen LogP) is 4.67. The van der Waals surface area contributed by atoms with E-state index in [0.29, 0.717) is 12.1 Å². The molecule has 2 saturated carbocycles. The Bertz CT molecular complexity index is 524. The molecule has 0 aromatic heterocycles. The normalized spacial score (nSPS) is 20.2. The van der Waals surface area contributed by atoms with Gasteiger partial charge in [-0.05, 0) is 37.8 Å². The fourth-order valence-corrected chi connectivity index (χ4v) is 4.51. The summed E-state index contributed by atoms with van der Waals surface area (Å²) in [6.45, 7) is 0. The van der Waals surface area contributed by atoms with E-state index in [0.717, 1.165) is 5.56 Å². The number of amides is 1. The summed E-state index contributed by atoms with van der Waals surface area (Å²) < 4.78 is 0. The highest BCUT2D eigenvalue weighted by molar-refractivity contribution is 5.94. The quantitative estimate of drug-likeness (QED) is 0.564. The average molecular weight is 372 g/mol. The van der Waals surface area contributed by atoms with Crippen LogP contribution in [0.25, 0.3) is 0 Å². The van der Waals surface area contributed by atoms with E-state index in [9.17, 15) is 4.79 Å². The Morgan fingerprint density at radius 3 is 1.70 bits per heavy atom. The molecule has 0 bridgehead atoms. The minimum absolute atomic E-state index is 0.0860. The molecule has 4 nitrogen and oxygen atoms in total. The highest BCUT2D eigenvalue weighted by Crippen LogP contribution is 2.20. The second kappa shape index (κ2) is 10.8. The van der Waals surface area contributed by atoms with Gasteiger partial charge >= 0.3 is 0 Å². The van der Waals surface area contributed by atoms with Crippen molar-refractivity contribution in [3.05, 3.63) is 35.9 Å². The lowest BCUT2D eigenvalue weighted by molar-refractivity contribution is 0.0613. The van der Waals surface area contributed by atoms with E-state index < -0.39 is 0 Å². The average Bonchev–Trinajstić information content (AvgIpc) is 3.12.